The second kappa shape index (κ2) is 8.20. The Morgan fingerprint density at radius 3 is 2.36 bits per heavy atom. The number of carbonyl (C=O) groups is 1. The number of rotatable bonds is 6. The Balaban J connectivity index is 1.64. The first kappa shape index (κ1) is 20.2. The van der Waals surface area contributed by atoms with Crippen molar-refractivity contribution < 1.29 is 22.7 Å². The minimum absolute atomic E-state index is 0.130. The Kier molecular flexibility index (Phi) is 5.90. The van der Waals surface area contributed by atoms with Crippen LogP contribution in [-0.4, -0.2) is 44.9 Å². The molecule has 0 fully saturated rings. The molecule has 0 radical (unpaired) electrons. The summed E-state index contributed by atoms with van der Waals surface area (Å²) < 4.78 is 37.2. The number of sulfonamides is 1. The average molecular weight is 404 g/mol. The SMILES string of the molecule is CC(C)N(C)S(=O)(=O)c1ccc(CNC(=O)c2ccc3c(c2)OCCO3)cc1. The van der Waals surface area contributed by atoms with Gasteiger partial charge in [0, 0.05) is 25.2 Å². The molecule has 1 heterocycles. The lowest BCUT2D eigenvalue weighted by Gasteiger charge is -2.21. The molecule has 150 valence electrons. The zero-order valence-electron chi connectivity index (χ0n) is 16.1. The minimum atomic E-state index is -3.52. The normalized spacial score (nSPS) is 13.6. The van der Waals surface area contributed by atoms with Gasteiger partial charge in [0.05, 0.1) is 4.90 Å². The topological polar surface area (TPSA) is 84.9 Å². The maximum atomic E-state index is 12.5. The third-order valence-corrected chi connectivity index (χ3v) is 6.63. The molecule has 0 aliphatic carbocycles. The molecule has 0 spiro atoms. The van der Waals surface area contributed by atoms with Gasteiger partial charge >= 0.3 is 0 Å². The summed E-state index contributed by atoms with van der Waals surface area (Å²) in [5.74, 6) is 0.946. The predicted molar refractivity (Wildman–Crippen MR) is 105 cm³/mol. The van der Waals surface area contributed by atoms with Crippen LogP contribution in [-0.2, 0) is 16.6 Å². The number of benzene rings is 2. The minimum Gasteiger partial charge on any atom is -0.486 e. The number of nitrogens with zero attached hydrogens (tertiary/aromatic N) is 1. The number of amides is 1. The fourth-order valence-corrected chi connectivity index (χ4v) is 4.06. The van der Waals surface area contributed by atoms with Crippen molar-refractivity contribution in [3.63, 3.8) is 0 Å². The molecular weight excluding hydrogens is 380 g/mol. The first-order chi connectivity index (χ1) is 13.3. The summed E-state index contributed by atoms with van der Waals surface area (Å²) in [5, 5.41) is 2.83. The highest BCUT2D eigenvalue weighted by molar-refractivity contribution is 7.89. The number of carbonyl (C=O) groups excluding carboxylic acids is 1. The summed E-state index contributed by atoms with van der Waals surface area (Å²) in [6.45, 7) is 4.88. The van der Waals surface area contributed by atoms with Crippen LogP contribution in [0.3, 0.4) is 0 Å². The van der Waals surface area contributed by atoms with E-state index < -0.39 is 10.0 Å². The van der Waals surface area contributed by atoms with Gasteiger partial charge in [-0.1, -0.05) is 12.1 Å². The molecule has 0 atom stereocenters. The van der Waals surface area contributed by atoms with Crippen molar-refractivity contribution in [2.75, 3.05) is 20.3 Å². The van der Waals surface area contributed by atoms with Crippen molar-refractivity contribution in [3.05, 3.63) is 53.6 Å². The van der Waals surface area contributed by atoms with E-state index in [1.54, 1.807) is 49.5 Å². The summed E-state index contributed by atoms with van der Waals surface area (Å²) in [6.07, 6.45) is 0. The van der Waals surface area contributed by atoms with E-state index in [1.165, 1.54) is 4.31 Å². The molecule has 7 nitrogen and oxygen atoms in total. The second-order valence-electron chi connectivity index (χ2n) is 6.80. The Morgan fingerprint density at radius 2 is 1.71 bits per heavy atom. The number of hydrogen-bond donors (Lipinski definition) is 1. The quantitative estimate of drug-likeness (QED) is 0.799. The third kappa shape index (κ3) is 4.28. The van der Waals surface area contributed by atoms with Gasteiger partial charge in [0.2, 0.25) is 10.0 Å². The molecule has 1 amide bonds. The molecule has 0 saturated heterocycles. The zero-order valence-corrected chi connectivity index (χ0v) is 17.0. The molecule has 2 aromatic carbocycles. The summed E-state index contributed by atoms with van der Waals surface area (Å²) in [4.78, 5) is 12.6. The number of hydrogen-bond acceptors (Lipinski definition) is 5. The van der Waals surface area contributed by atoms with Crippen LogP contribution < -0.4 is 14.8 Å². The lowest BCUT2D eigenvalue weighted by atomic mass is 10.1. The molecule has 1 aliphatic heterocycles. The fourth-order valence-electron chi connectivity index (χ4n) is 2.69. The van der Waals surface area contributed by atoms with Gasteiger partial charge in [0.15, 0.2) is 11.5 Å². The monoisotopic (exact) mass is 404 g/mol. The Labute approximate surface area is 165 Å². The van der Waals surface area contributed by atoms with E-state index in [-0.39, 0.29) is 23.4 Å². The smallest absolute Gasteiger partial charge is 0.251 e. The molecule has 3 rings (SSSR count). The predicted octanol–water partition coefficient (Wildman–Crippen LogP) is 2.42. The molecule has 0 saturated carbocycles. The van der Waals surface area contributed by atoms with Crippen molar-refractivity contribution in [2.24, 2.45) is 0 Å². The van der Waals surface area contributed by atoms with E-state index in [4.69, 9.17) is 9.47 Å². The highest BCUT2D eigenvalue weighted by Crippen LogP contribution is 2.30. The largest absolute Gasteiger partial charge is 0.486 e. The lowest BCUT2D eigenvalue weighted by Crippen LogP contribution is -2.33. The molecule has 0 aromatic heterocycles. The average Bonchev–Trinajstić information content (AvgIpc) is 2.71. The van der Waals surface area contributed by atoms with Crippen LogP contribution in [0.1, 0.15) is 29.8 Å². The van der Waals surface area contributed by atoms with E-state index in [1.807, 2.05) is 13.8 Å². The standard InChI is InChI=1S/C20H24N2O5S/c1-14(2)22(3)28(24,25)17-7-4-15(5-8-17)13-21-20(23)16-6-9-18-19(12-16)27-11-10-26-18/h4-9,12,14H,10-11,13H2,1-3H3,(H,21,23). The van der Waals surface area contributed by atoms with Crippen molar-refractivity contribution >= 4 is 15.9 Å². The van der Waals surface area contributed by atoms with Crippen LogP contribution in [0, 0.1) is 0 Å². The van der Waals surface area contributed by atoms with Crippen molar-refractivity contribution in [1.29, 1.82) is 0 Å². The van der Waals surface area contributed by atoms with E-state index in [2.05, 4.69) is 5.32 Å². The molecule has 28 heavy (non-hydrogen) atoms. The zero-order chi connectivity index (χ0) is 20.3. The van der Waals surface area contributed by atoms with Crippen LogP contribution in [0.4, 0.5) is 0 Å². The van der Waals surface area contributed by atoms with Gasteiger partial charge in [0.25, 0.3) is 5.91 Å². The van der Waals surface area contributed by atoms with Crippen molar-refractivity contribution in [3.8, 4) is 11.5 Å². The third-order valence-electron chi connectivity index (χ3n) is 4.58. The first-order valence-electron chi connectivity index (χ1n) is 9.04. The molecule has 1 aliphatic rings. The summed E-state index contributed by atoms with van der Waals surface area (Å²) in [6, 6.07) is 11.4. The first-order valence-corrected chi connectivity index (χ1v) is 10.5. The number of nitrogens with one attached hydrogen (secondary N) is 1. The molecule has 0 bridgehead atoms. The van der Waals surface area contributed by atoms with Crippen LogP contribution in [0.15, 0.2) is 47.4 Å². The summed E-state index contributed by atoms with van der Waals surface area (Å²) >= 11 is 0. The van der Waals surface area contributed by atoms with Crippen LogP contribution in [0.25, 0.3) is 0 Å². The van der Waals surface area contributed by atoms with E-state index in [0.717, 1.165) is 5.56 Å². The highest BCUT2D eigenvalue weighted by Gasteiger charge is 2.22. The lowest BCUT2D eigenvalue weighted by molar-refractivity contribution is 0.0949. The number of fused-ring (bicyclic) bond motifs is 1. The Morgan fingerprint density at radius 1 is 1.07 bits per heavy atom. The van der Waals surface area contributed by atoms with Crippen LogP contribution in [0.2, 0.25) is 0 Å². The fraction of sp³-hybridized carbons (Fsp3) is 0.350. The summed E-state index contributed by atoms with van der Waals surface area (Å²) in [5.41, 5.74) is 1.28. The van der Waals surface area contributed by atoms with Crippen LogP contribution in [0.5, 0.6) is 11.5 Å². The van der Waals surface area contributed by atoms with Gasteiger partial charge < -0.3 is 14.8 Å². The van der Waals surface area contributed by atoms with E-state index in [9.17, 15) is 13.2 Å². The molecule has 8 heteroatoms. The van der Waals surface area contributed by atoms with Gasteiger partial charge in [-0.25, -0.2) is 8.42 Å². The molecule has 2 aromatic rings. The van der Waals surface area contributed by atoms with Gasteiger partial charge in [-0.3, -0.25) is 4.79 Å². The summed E-state index contributed by atoms with van der Waals surface area (Å²) in [7, 11) is -1.96. The van der Waals surface area contributed by atoms with E-state index >= 15 is 0 Å². The van der Waals surface area contributed by atoms with Gasteiger partial charge in [-0.2, -0.15) is 4.31 Å². The Bertz CT molecular complexity index is 955. The molecular formula is C20H24N2O5S. The molecule has 0 unspecified atom stereocenters. The number of ether oxygens (including phenoxy) is 2. The van der Waals surface area contributed by atoms with Crippen LogP contribution >= 0.6 is 0 Å². The van der Waals surface area contributed by atoms with E-state index in [0.29, 0.717) is 30.3 Å². The van der Waals surface area contributed by atoms with Crippen molar-refractivity contribution in [1.82, 2.24) is 9.62 Å². The van der Waals surface area contributed by atoms with Crippen molar-refractivity contribution in [2.45, 2.75) is 31.3 Å². The highest BCUT2D eigenvalue weighted by atomic mass is 32.2. The maximum absolute atomic E-state index is 12.5. The Hall–Kier alpha value is -2.58. The van der Waals surface area contributed by atoms with Gasteiger partial charge in [-0.15, -0.1) is 0 Å². The maximum Gasteiger partial charge on any atom is 0.251 e. The van der Waals surface area contributed by atoms with Gasteiger partial charge in [0.1, 0.15) is 13.2 Å². The van der Waals surface area contributed by atoms with Gasteiger partial charge in [-0.05, 0) is 49.7 Å². The second-order valence-corrected chi connectivity index (χ2v) is 8.80. The molecule has 1 N–H and O–H groups in total.